The molecule has 0 saturated heterocycles. The number of nitrogens with zero attached hydrogens (tertiary/aromatic N) is 3. The topological polar surface area (TPSA) is 148 Å². The quantitative estimate of drug-likeness (QED) is 0.338. The van der Waals surface area contributed by atoms with Crippen LogP contribution in [-0.2, 0) is 4.74 Å². The maximum atomic E-state index is 12.2. The number of aromatic nitrogens is 3. The summed E-state index contributed by atoms with van der Waals surface area (Å²) in [5.41, 5.74) is 7.15. The van der Waals surface area contributed by atoms with Crippen molar-refractivity contribution in [1.82, 2.24) is 15.0 Å². The van der Waals surface area contributed by atoms with Gasteiger partial charge in [0.15, 0.2) is 5.13 Å². The predicted octanol–water partition coefficient (Wildman–Crippen LogP) is 4.19. The normalized spacial score (nSPS) is 10.4. The van der Waals surface area contributed by atoms with Crippen LogP contribution in [0.25, 0.3) is 0 Å². The molecular formula is C18H18ClN7O3S. The second kappa shape index (κ2) is 8.93. The van der Waals surface area contributed by atoms with E-state index in [9.17, 15) is 4.79 Å². The minimum atomic E-state index is -0.473. The SMILES string of the molecule is COC(=N)c1c(N)ncnc1Oc1ccc(NC(=O)Nc2nc(C)c(C)s2)c(Cl)c1. The smallest absolute Gasteiger partial charge is 0.325 e. The molecule has 2 amide bonds. The molecule has 10 nitrogen and oxygen atoms in total. The zero-order chi connectivity index (χ0) is 21.8. The van der Waals surface area contributed by atoms with Crippen LogP contribution in [0.5, 0.6) is 11.6 Å². The van der Waals surface area contributed by atoms with Crippen molar-refractivity contribution in [3.8, 4) is 11.6 Å². The third-order valence-electron chi connectivity index (χ3n) is 3.93. The Balaban J connectivity index is 1.74. The molecule has 0 unspecified atom stereocenters. The lowest BCUT2D eigenvalue weighted by atomic mass is 10.2. The van der Waals surface area contributed by atoms with Gasteiger partial charge in [0.1, 0.15) is 23.5 Å². The maximum Gasteiger partial charge on any atom is 0.325 e. The predicted molar refractivity (Wildman–Crippen MR) is 116 cm³/mol. The number of hydrogen-bond acceptors (Lipinski definition) is 9. The Morgan fingerprint density at radius 3 is 2.67 bits per heavy atom. The van der Waals surface area contributed by atoms with E-state index >= 15 is 0 Å². The Hall–Kier alpha value is -3.44. The number of benzene rings is 1. The zero-order valence-electron chi connectivity index (χ0n) is 16.2. The average Bonchev–Trinajstić information content (AvgIpc) is 3.00. The summed E-state index contributed by atoms with van der Waals surface area (Å²) >= 11 is 7.65. The van der Waals surface area contributed by atoms with Crippen molar-refractivity contribution in [2.45, 2.75) is 13.8 Å². The molecule has 0 bridgehead atoms. The number of anilines is 3. The summed E-state index contributed by atoms with van der Waals surface area (Å²) in [5, 5.41) is 13.9. The number of ether oxygens (including phenoxy) is 2. The summed E-state index contributed by atoms with van der Waals surface area (Å²) in [6.45, 7) is 3.80. The largest absolute Gasteiger partial charge is 0.481 e. The van der Waals surface area contributed by atoms with Gasteiger partial charge in [0.05, 0.1) is 23.5 Å². The van der Waals surface area contributed by atoms with E-state index in [1.165, 1.54) is 30.8 Å². The van der Waals surface area contributed by atoms with Gasteiger partial charge in [-0.25, -0.2) is 19.7 Å². The molecule has 0 spiro atoms. The van der Waals surface area contributed by atoms with Crippen LogP contribution in [-0.4, -0.2) is 34.0 Å². The van der Waals surface area contributed by atoms with Crippen molar-refractivity contribution in [3.05, 3.63) is 45.7 Å². The summed E-state index contributed by atoms with van der Waals surface area (Å²) in [4.78, 5) is 25.3. The van der Waals surface area contributed by atoms with E-state index in [-0.39, 0.29) is 28.2 Å². The van der Waals surface area contributed by atoms with Crippen molar-refractivity contribution >= 4 is 51.5 Å². The average molecular weight is 448 g/mol. The first kappa shape index (κ1) is 21.3. The van der Waals surface area contributed by atoms with Gasteiger partial charge in [0, 0.05) is 10.9 Å². The van der Waals surface area contributed by atoms with Crippen LogP contribution in [0.1, 0.15) is 16.1 Å². The van der Waals surface area contributed by atoms with E-state index in [1.807, 2.05) is 13.8 Å². The number of urea groups is 1. The van der Waals surface area contributed by atoms with E-state index in [4.69, 9.17) is 32.2 Å². The molecule has 0 atom stereocenters. The summed E-state index contributed by atoms with van der Waals surface area (Å²) in [6.07, 6.45) is 1.21. The number of amides is 2. The standard InChI is InChI=1S/C18H18ClN7O3S/c1-8-9(2)30-18(24-8)26-17(27)25-12-5-4-10(6-11(12)19)29-16-13(15(21)28-3)14(20)22-7-23-16/h4-7,21H,1-3H3,(H2,20,22,23)(H2,24,25,26,27). The molecule has 2 heterocycles. The summed E-state index contributed by atoms with van der Waals surface area (Å²) in [5.74, 6) is 0.163. The molecule has 1 aromatic carbocycles. The monoisotopic (exact) mass is 447 g/mol. The molecule has 5 N–H and O–H groups in total. The van der Waals surface area contributed by atoms with Gasteiger partial charge < -0.3 is 20.5 Å². The third-order valence-corrected chi connectivity index (χ3v) is 5.23. The summed E-state index contributed by atoms with van der Waals surface area (Å²) in [6, 6.07) is 4.17. The van der Waals surface area contributed by atoms with Crippen LogP contribution in [0.4, 0.5) is 21.4 Å². The van der Waals surface area contributed by atoms with Crippen molar-refractivity contribution in [2.75, 3.05) is 23.5 Å². The number of hydrogen-bond donors (Lipinski definition) is 4. The van der Waals surface area contributed by atoms with Crippen LogP contribution in [0.15, 0.2) is 24.5 Å². The van der Waals surface area contributed by atoms with Crippen molar-refractivity contribution in [3.63, 3.8) is 0 Å². The maximum absolute atomic E-state index is 12.2. The first-order valence-electron chi connectivity index (χ1n) is 8.51. The van der Waals surface area contributed by atoms with Gasteiger partial charge in [-0.2, -0.15) is 0 Å². The van der Waals surface area contributed by atoms with Crippen LogP contribution in [0, 0.1) is 19.3 Å². The Labute approximate surface area is 180 Å². The molecule has 2 aromatic heterocycles. The van der Waals surface area contributed by atoms with Gasteiger partial charge in [-0.15, -0.1) is 11.3 Å². The summed E-state index contributed by atoms with van der Waals surface area (Å²) < 4.78 is 10.6. The van der Waals surface area contributed by atoms with E-state index in [2.05, 4.69) is 25.6 Å². The fourth-order valence-corrected chi connectivity index (χ4v) is 3.35. The molecule has 0 aliphatic rings. The number of carbonyl (C=O) groups is 1. The lowest BCUT2D eigenvalue weighted by molar-refractivity contribution is 0.262. The number of nitrogen functional groups attached to an aromatic ring is 1. The Morgan fingerprint density at radius 2 is 2.03 bits per heavy atom. The highest BCUT2D eigenvalue weighted by Crippen LogP contribution is 2.31. The fraction of sp³-hybridized carbons (Fsp3) is 0.167. The van der Waals surface area contributed by atoms with Crippen molar-refractivity contribution < 1.29 is 14.3 Å². The lowest BCUT2D eigenvalue weighted by Crippen LogP contribution is -2.19. The van der Waals surface area contributed by atoms with E-state index < -0.39 is 6.03 Å². The zero-order valence-corrected chi connectivity index (χ0v) is 17.8. The molecule has 156 valence electrons. The lowest BCUT2D eigenvalue weighted by Gasteiger charge is -2.13. The molecule has 0 fully saturated rings. The van der Waals surface area contributed by atoms with Crippen molar-refractivity contribution in [2.24, 2.45) is 0 Å². The van der Waals surface area contributed by atoms with E-state index in [0.29, 0.717) is 16.6 Å². The molecule has 3 aromatic rings. The van der Waals surface area contributed by atoms with Gasteiger partial charge >= 0.3 is 6.03 Å². The molecule has 12 heteroatoms. The van der Waals surface area contributed by atoms with Crippen molar-refractivity contribution in [1.29, 1.82) is 5.41 Å². The van der Waals surface area contributed by atoms with Gasteiger partial charge in [-0.3, -0.25) is 10.7 Å². The van der Waals surface area contributed by atoms with Gasteiger partial charge in [0.2, 0.25) is 11.8 Å². The van der Waals surface area contributed by atoms with Gasteiger partial charge in [-0.1, -0.05) is 11.6 Å². The van der Waals surface area contributed by atoms with E-state index in [1.54, 1.807) is 12.1 Å². The number of methoxy groups -OCH3 is 1. The first-order valence-corrected chi connectivity index (χ1v) is 9.70. The Kier molecular flexibility index (Phi) is 6.33. The van der Waals surface area contributed by atoms with Crippen LogP contribution >= 0.6 is 22.9 Å². The third kappa shape index (κ3) is 4.75. The Morgan fingerprint density at radius 1 is 1.27 bits per heavy atom. The highest BCUT2D eigenvalue weighted by atomic mass is 35.5. The highest BCUT2D eigenvalue weighted by molar-refractivity contribution is 7.15. The number of nitrogens with two attached hydrogens (primary N) is 1. The van der Waals surface area contributed by atoms with Crippen LogP contribution < -0.4 is 21.1 Å². The van der Waals surface area contributed by atoms with Gasteiger partial charge in [-0.05, 0) is 26.0 Å². The molecule has 0 aliphatic heterocycles. The molecule has 3 rings (SSSR count). The minimum Gasteiger partial charge on any atom is -0.481 e. The second-order valence-corrected chi connectivity index (χ2v) is 7.57. The summed E-state index contributed by atoms with van der Waals surface area (Å²) in [7, 11) is 1.33. The molecule has 0 aliphatic carbocycles. The highest BCUT2D eigenvalue weighted by Gasteiger charge is 2.18. The fourth-order valence-electron chi connectivity index (χ4n) is 2.32. The number of aryl methyl sites for hydroxylation is 2. The Bertz CT molecular complexity index is 1100. The van der Waals surface area contributed by atoms with Gasteiger partial charge in [0.25, 0.3) is 0 Å². The van der Waals surface area contributed by atoms with E-state index in [0.717, 1.165) is 10.6 Å². The molecule has 0 radical (unpaired) electrons. The number of thiazole rings is 1. The molecular weight excluding hydrogens is 430 g/mol. The van der Waals surface area contributed by atoms with Crippen LogP contribution in [0.3, 0.4) is 0 Å². The number of carbonyl (C=O) groups excluding carboxylic acids is 1. The number of nitrogens with one attached hydrogen (secondary N) is 3. The van der Waals surface area contributed by atoms with Crippen LogP contribution in [0.2, 0.25) is 5.02 Å². The number of halogens is 1. The minimum absolute atomic E-state index is 0.0402. The first-order chi connectivity index (χ1) is 14.3. The molecule has 0 saturated carbocycles. The number of rotatable bonds is 5. The second-order valence-electron chi connectivity index (χ2n) is 5.96. The molecule has 30 heavy (non-hydrogen) atoms.